The first-order valence-corrected chi connectivity index (χ1v) is 8.60. The monoisotopic (exact) mass is 356 g/mol. The third-order valence-electron chi connectivity index (χ3n) is 4.30. The Bertz CT molecular complexity index is 767. The van der Waals surface area contributed by atoms with Gasteiger partial charge in [0.15, 0.2) is 11.6 Å². The van der Waals surface area contributed by atoms with Gasteiger partial charge in [-0.1, -0.05) is 42.5 Å². The minimum Gasteiger partial charge on any atom is -0.489 e. The molecular formula is C20H21FN2O3. The fourth-order valence-corrected chi connectivity index (χ4v) is 2.95. The van der Waals surface area contributed by atoms with Gasteiger partial charge >= 0.3 is 0 Å². The van der Waals surface area contributed by atoms with Gasteiger partial charge in [0, 0.05) is 19.5 Å². The maximum Gasteiger partial charge on any atom is 0.225 e. The molecule has 1 saturated heterocycles. The number of hydrogen-bond acceptors (Lipinski definition) is 3. The van der Waals surface area contributed by atoms with Gasteiger partial charge in [-0.15, -0.1) is 0 Å². The van der Waals surface area contributed by atoms with Gasteiger partial charge in [-0.3, -0.25) is 9.59 Å². The lowest BCUT2D eigenvalue weighted by Crippen LogP contribution is -2.35. The van der Waals surface area contributed by atoms with Crippen LogP contribution < -0.4 is 10.1 Å². The SMILES string of the molecule is O=C(NCCOc1ccccc1F)[C@@H]1CC(=O)N(Cc2ccccc2)C1. The second-order valence-corrected chi connectivity index (χ2v) is 6.23. The minimum absolute atomic E-state index is 0.0170. The summed E-state index contributed by atoms with van der Waals surface area (Å²) in [4.78, 5) is 26.1. The Hall–Kier alpha value is -2.89. The first-order valence-electron chi connectivity index (χ1n) is 8.60. The van der Waals surface area contributed by atoms with Gasteiger partial charge in [0.25, 0.3) is 0 Å². The maximum absolute atomic E-state index is 13.4. The maximum atomic E-state index is 13.4. The van der Waals surface area contributed by atoms with Crippen LogP contribution in [0.5, 0.6) is 5.75 Å². The number of amides is 2. The number of rotatable bonds is 7. The van der Waals surface area contributed by atoms with Gasteiger partial charge in [0.2, 0.25) is 11.8 Å². The number of hydrogen-bond donors (Lipinski definition) is 1. The Morgan fingerprint density at radius 3 is 2.65 bits per heavy atom. The van der Waals surface area contributed by atoms with Crippen LogP contribution in [0.25, 0.3) is 0 Å². The van der Waals surface area contributed by atoms with Crippen LogP contribution in [-0.4, -0.2) is 36.4 Å². The van der Waals surface area contributed by atoms with Crippen LogP contribution in [0.15, 0.2) is 54.6 Å². The van der Waals surface area contributed by atoms with Gasteiger partial charge in [-0.25, -0.2) is 4.39 Å². The molecule has 136 valence electrons. The highest BCUT2D eigenvalue weighted by Gasteiger charge is 2.33. The van der Waals surface area contributed by atoms with E-state index < -0.39 is 5.82 Å². The van der Waals surface area contributed by atoms with Crippen LogP contribution in [0.4, 0.5) is 4.39 Å². The van der Waals surface area contributed by atoms with Crippen molar-refractivity contribution in [2.24, 2.45) is 5.92 Å². The molecule has 0 spiro atoms. The molecule has 2 aromatic carbocycles. The molecule has 6 heteroatoms. The van der Waals surface area contributed by atoms with Gasteiger partial charge < -0.3 is 15.0 Å². The molecule has 5 nitrogen and oxygen atoms in total. The summed E-state index contributed by atoms with van der Waals surface area (Å²) in [6, 6.07) is 15.8. The molecule has 0 radical (unpaired) electrons. The predicted molar refractivity (Wildman–Crippen MR) is 94.9 cm³/mol. The predicted octanol–water partition coefficient (Wildman–Crippen LogP) is 2.37. The molecular weight excluding hydrogens is 335 g/mol. The van der Waals surface area contributed by atoms with Crippen molar-refractivity contribution in [3.63, 3.8) is 0 Å². The lowest BCUT2D eigenvalue weighted by Gasteiger charge is -2.16. The van der Waals surface area contributed by atoms with E-state index in [4.69, 9.17) is 4.74 Å². The van der Waals surface area contributed by atoms with E-state index in [1.165, 1.54) is 12.1 Å². The quantitative estimate of drug-likeness (QED) is 0.775. The Balaban J connectivity index is 1.42. The largest absolute Gasteiger partial charge is 0.489 e. The van der Waals surface area contributed by atoms with E-state index in [2.05, 4.69) is 5.32 Å². The van der Waals surface area contributed by atoms with Gasteiger partial charge in [-0.05, 0) is 17.7 Å². The van der Waals surface area contributed by atoms with Gasteiger partial charge in [-0.2, -0.15) is 0 Å². The van der Waals surface area contributed by atoms with Crippen LogP contribution in [0.2, 0.25) is 0 Å². The molecule has 0 aliphatic carbocycles. The van der Waals surface area contributed by atoms with E-state index in [-0.39, 0.29) is 43.1 Å². The van der Waals surface area contributed by atoms with Crippen molar-refractivity contribution >= 4 is 11.8 Å². The Morgan fingerprint density at radius 2 is 1.88 bits per heavy atom. The molecule has 26 heavy (non-hydrogen) atoms. The van der Waals surface area contributed by atoms with Crippen molar-refractivity contribution in [1.82, 2.24) is 10.2 Å². The summed E-state index contributed by atoms with van der Waals surface area (Å²) >= 11 is 0. The smallest absolute Gasteiger partial charge is 0.225 e. The summed E-state index contributed by atoms with van der Waals surface area (Å²) in [5, 5.41) is 2.75. The lowest BCUT2D eigenvalue weighted by molar-refractivity contribution is -0.129. The van der Waals surface area contributed by atoms with Crippen molar-refractivity contribution in [2.75, 3.05) is 19.7 Å². The second-order valence-electron chi connectivity index (χ2n) is 6.23. The fraction of sp³-hybridized carbons (Fsp3) is 0.300. The van der Waals surface area contributed by atoms with Crippen LogP contribution in [0.3, 0.4) is 0 Å². The molecule has 0 aromatic heterocycles. The third-order valence-corrected chi connectivity index (χ3v) is 4.30. The van der Waals surface area contributed by atoms with Crippen molar-refractivity contribution in [2.45, 2.75) is 13.0 Å². The van der Waals surface area contributed by atoms with Crippen molar-refractivity contribution in [3.8, 4) is 5.75 Å². The molecule has 0 saturated carbocycles. The highest BCUT2D eigenvalue weighted by molar-refractivity contribution is 5.89. The Labute approximate surface area is 151 Å². The third kappa shape index (κ3) is 4.59. The number of carbonyl (C=O) groups excluding carboxylic acids is 2. The molecule has 1 fully saturated rings. The molecule has 1 N–H and O–H groups in total. The van der Waals surface area contributed by atoms with Crippen molar-refractivity contribution < 1.29 is 18.7 Å². The molecule has 1 aliphatic heterocycles. The van der Waals surface area contributed by atoms with Crippen LogP contribution >= 0.6 is 0 Å². The number of halogens is 1. The second kappa shape index (κ2) is 8.47. The molecule has 0 unspecified atom stereocenters. The van der Waals surface area contributed by atoms with E-state index in [0.717, 1.165) is 5.56 Å². The van der Waals surface area contributed by atoms with Crippen LogP contribution in [0.1, 0.15) is 12.0 Å². The molecule has 0 bridgehead atoms. The summed E-state index contributed by atoms with van der Waals surface area (Å²) in [5.41, 5.74) is 1.04. The van der Waals surface area contributed by atoms with E-state index >= 15 is 0 Å². The number of benzene rings is 2. The van der Waals surface area contributed by atoms with Crippen molar-refractivity contribution in [3.05, 3.63) is 66.0 Å². The molecule has 1 atom stereocenters. The number of carbonyl (C=O) groups is 2. The standard InChI is InChI=1S/C20H21FN2O3/c21-17-8-4-5-9-18(17)26-11-10-22-20(25)16-12-19(24)23(14-16)13-15-6-2-1-3-7-15/h1-9,16H,10-14H2,(H,22,25)/t16-/m1/s1. The highest BCUT2D eigenvalue weighted by atomic mass is 19.1. The number of ether oxygens (including phenoxy) is 1. The molecule has 1 heterocycles. The average Bonchev–Trinajstić information content (AvgIpc) is 3.01. The fourth-order valence-electron chi connectivity index (χ4n) is 2.95. The summed E-state index contributed by atoms with van der Waals surface area (Å²) in [6.45, 7) is 1.35. The summed E-state index contributed by atoms with van der Waals surface area (Å²) in [6.07, 6.45) is 0.215. The molecule has 3 rings (SSSR count). The minimum atomic E-state index is -0.434. The van der Waals surface area contributed by atoms with Gasteiger partial charge in [0.05, 0.1) is 12.5 Å². The lowest BCUT2D eigenvalue weighted by atomic mass is 10.1. The zero-order chi connectivity index (χ0) is 18.4. The van der Waals surface area contributed by atoms with E-state index in [0.29, 0.717) is 13.1 Å². The topological polar surface area (TPSA) is 58.6 Å². The average molecular weight is 356 g/mol. The molecule has 2 aromatic rings. The van der Waals surface area contributed by atoms with Gasteiger partial charge in [0.1, 0.15) is 6.61 Å². The number of nitrogens with one attached hydrogen (secondary N) is 1. The van der Waals surface area contributed by atoms with Crippen LogP contribution in [0, 0.1) is 11.7 Å². The number of likely N-dealkylation sites (tertiary alicyclic amines) is 1. The van der Waals surface area contributed by atoms with E-state index in [1.54, 1.807) is 17.0 Å². The Kier molecular flexibility index (Phi) is 5.84. The number of para-hydroxylation sites is 1. The normalized spacial score (nSPS) is 16.6. The summed E-state index contributed by atoms with van der Waals surface area (Å²) < 4.78 is 18.7. The van der Waals surface area contributed by atoms with Crippen molar-refractivity contribution in [1.29, 1.82) is 0 Å². The van der Waals surface area contributed by atoms with Crippen LogP contribution in [-0.2, 0) is 16.1 Å². The first kappa shape index (κ1) is 17.9. The summed E-state index contributed by atoms with van der Waals surface area (Å²) in [7, 11) is 0. The zero-order valence-corrected chi connectivity index (χ0v) is 14.4. The molecule has 2 amide bonds. The first-order chi connectivity index (χ1) is 12.6. The number of nitrogens with zero attached hydrogens (tertiary/aromatic N) is 1. The highest BCUT2D eigenvalue weighted by Crippen LogP contribution is 2.20. The van der Waals surface area contributed by atoms with E-state index in [9.17, 15) is 14.0 Å². The zero-order valence-electron chi connectivity index (χ0n) is 14.4. The van der Waals surface area contributed by atoms with E-state index in [1.807, 2.05) is 30.3 Å². The molecule has 1 aliphatic rings. The Morgan fingerprint density at radius 1 is 1.15 bits per heavy atom. The summed E-state index contributed by atoms with van der Waals surface area (Å²) in [5.74, 6) is -0.828.